The molecule has 0 bridgehead atoms. The van der Waals surface area contributed by atoms with Crippen LogP contribution < -0.4 is 10.1 Å². The second-order valence-corrected chi connectivity index (χ2v) is 5.63. The summed E-state index contributed by atoms with van der Waals surface area (Å²) in [4.78, 5) is 22.7. The summed E-state index contributed by atoms with van der Waals surface area (Å²) >= 11 is 2.19. The summed E-state index contributed by atoms with van der Waals surface area (Å²) in [7, 11) is 0. The van der Waals surface area contributed by atoms with Crippen LogP contribution >= 0.6 is 22.6 Å². The van der Waals surface area contributed by atoms with E-state index in [9.17, 15) is 9.59 Å². The number of carbonyl (C=O) groups excluding carboxylic acids is 2. The standard InChI is InChI=1S/C14H18INO4/c1-10(2)20-14(18)7-8-16-13(17)9-19-12-5-3-11(15)4-6-12/h3-6,10H,7-9H2,1-2H3,(H,16,17). The number of ether oxygens (including phenoxy) is 2. The van der Waals surface area contributed by atoms with Gasteiger partial charge in [-0.2, -0.15) is 0 Å². The maximum Gasteiger partial charge on any atom is 0.307 e. The van der Waals surface area contributed by atoms with Crippen molar-refractivity contribution in [3.05, 3.63) is 27.8 Å². The monoisotopic (exact) mass is 391 g/mol. The Morgan fingerprint density at radius 3 is 2.50 bits per heavy atom. The Balaban J connectivity index is 2.17. The molecule has 0 saturated carbocycles. The Labute approximate surface area is 132 Å². The van der Waals surface area contributed by atoms with Gasteiger partial charge in [-0.3, -0.25) is 9.59 Å². The first-order valence-corrected chi connectivity index (χ1v) is 7.40. The molecule has 0 radical (unpaired) electrons. The minimum absolute atomic E-state index is 0.0696. The molecule has 1 amide bonds. The molecule has 0 aliphatic heterocycles. The van der Waals surface area contributed by atoms with Crippen molar-refractivity contribution < 1.29 is 19.1 Å². The number of nitrogens with one attached hydrogen (secondary N) is 1. The molecular weight excluding hydrogens is 373 g/mol. The summed E-state index contributed by atoms with van der Waals surface area (Å²) in [5.74, 6) is 0.0551. The van der Waals surface area contributed by atoms with E-state index < -0.39 is 0 Å². The predicted octanol–water partition coefficient (Wildman–Crippen LogP) is 2.13. The fraction of sp³-hybridized carbons (Fsp3) is 0.429. The molecule has 1 N–H and O–H groups in total. The number of rotatable bonds is 7. The molecular formula is C14H18INO4. The van der Waals surface area contributed by atoms with Crippen LogP contribution in [0.3, 0.4) is 0 Å². The quantitative estimate of drug-likeness (QED) is 0.572. The van der Waals surface area contributed by atoms with Crippen LogP contribution in [-0.2, 0) is 14.3 Å². The Morgan fingerprint density at radius 2 is 1.90 bits per heavy atom. The van der Waals surface area contributed by atoms with E-state index in [0.717, 1.165) is 3.57 Å². The number of benzene rings is 1. The van der Waals surface area contributed by atoms with Crippen LogP contribution in [0.2, 0.25) is 0 Å². The molecule has 0 aromatic heterocycles. The van der Waals surface area contributed by atoms with Gasteiger partial charge < -0.3 is 14.8 Å². The summed E-state index contributed by atoms with van der Waals surface area (Å²) in [5.41, 5.74) is 0. The third-order valence-corrected chi connectivity index (χ3v) is 2.92. The van der Waals surface area contributed by atoms with Crippen LogP contribution in [0, 0.1) is 3.57 Å². The lowest BCUT2D eigenvalue weighted by molar-refractivity contribution is -0.147. The SMILES string of the molecule is CC(C)OC(=O)CCNC(=O)COc1ccc(I)cc1. The molecule has 0 fully saturated rings. The van der Waals surface area contributed by atoms with Crippen LogP contribution in [0.15, 0.2) is 24.3 Å². The molecule has 0 atom stereocenters. The molecule has 0 saturated heterocycles. The van der Waals surface area contributed by atoms with Gasteiger partial charge in [-0.15, -0.1) is 0 Å². The van der Waals surface area contributed by atoms with E-state index in [2.05, 4.69) is 27.9 Å². The van der Waals surface area contributed by atoms with Gasteiger partial charge in [0, 0.05) is 10.1 Å². The molecule has 0 heterocycles. The summed E-state index contributed by atoms with van der Waals surface area (Å²) in [6, 6.07) is 7.40. The van der Waals surface area contributed by atoms with Crippen LogP contribution in [-0.4, -0.2) is 31.1 Å². The van der Waals surface area contributed by atoms with Crippen molar-refractivity contribution in [2.45, 2.75) is 26.4 Å². The van der Waals surface area contributed by atoms with Crippen molar-refractivity contribution in [1.82, 2.24) is 5.32 Å². The predicted molar refractivity (Wildman–Crippen MR) is 83.5 cm³/mol. The molecule has 1 aromatic carbocycles. The van der Waals surface area contributed by atoms with Gasteiger partial charge in [-0.25, -0.2) is 0 Å². The first kappa shape index (κ1) is 16.7. The van der Waals surface area contributed by atoms with E-state index in [1.165, 1.54) is 0 Å². The van der Waals surface area contributed by atoms with Gasteiger partial charge in [0.15, 0.2) is 6.61 Å². The fourth-order valence-corrected chi connectivity index (χ4v) is 1.72. The highest BCUT2D eigenvalue weighted by atomic mass is 127. The molecule has 0 aliphatic rings. The average molecular weight is 391 g/mol. The zero-order valence-corrected chi connectivity index (χ0v) is 13.7. The minimum Gasteiger partial charge on any atom is -0.484 e. The normalized spacial score (nSPS) is 10.2. The maximum absolute atomic E-state index is 11.5. The molecule has 0 aliphatic carbocycles. The Kier molecular flexibility index (Phi) is 7.35. The number of halogens is 1. The molecule has 5 nitrogen and oxygen atoms in total. The highest BCUT2D eigenvalue weighted by molar-refractivity contribution is 14.1. The van der Waals surface area contributed by atoms with Crippen molar-refractivity contribution in [2.24, 2.45) is 0 Å². The van der Waals surface area contributed by atoms with Crippen molar-refractivity contribution in [3.8, 4) is 5.75 Å². The number of hydrogen-bond acceptors (Lipinski definition) is 4. The molecule has 0 unspecified atom stereocenters. The first-order chi connectivity index (χ1) is 9.47. The van der Waals surface area contributed by atoms with Crippen molar-refractivity contribution in [1.29, 1.82) is 0 Å². The highest BCUT2D eigenvalue weighted by Gasteiger charge is 2.07. The van der Waals surface area contributed by atoms with Crippen LogP contribution in [0.5, 0.6) is 5.75 Å². The summed E-state index contributed by atoms with van der Waals surface area (Å²) in [6.07, 6.45) is 0.0235. The van der Waals surface area contributed by atoms with E-state index in [1.807, 2.05) is 12.1 Å². The van der Waals surface area contributed by atoms with E-state index in [0.29, 0.717) is 5.75 Å². The molecule has 20 heavy (non-hydrogen) atoms. The zero-order valence-electron chi connectivity index (χ0n) is 11.5. The molecule has 0 spiro atoms. The van der Waals surface area contributed by atoms with Crippen molar-refractivity contribution in [2.75, 3.05) is 13.2 Å². The number of esters is 1. The minimum atomic E-state index is -0.321. The van der Waals surface area contributed by atoms with Gasteiger partial charge in [0.05, 0.1) is 12.5 Å². The second-order valence-electron chi connectivity index (χ2n) is 4.38. The summed E-state index contributed by atoms with van der Waals surface area (Å²) in [6.45, 7) is 3.75. The van der Waals surface area contributed by atoms with Crippen LogP contribution in [0.4, 0.5) is 0 Å². The van der Waals surface area contributed by atoms with Gasteiger partial charge in [0.2, 0.25) is 0 Å². The largest absolute Gasteiger partial charge is 0.484 e. The molecule has 1 rings (SSSR count). The topological polar surface area (TPSA) is 64.6 Å². The van der Waals surface area contributed by atoms with Gasteiger partial charge in [0.25, 0.3) is 5.91 Å². The number of hydrogen-bond donors (Lipinski definition) is 1. The Morgan fingerprint density at radius 1 is 1.25 bits per heavy atom. The van der Waals surface area contributed by atoms with Crippen molar-refractivity contribution in [3.63, 3.8) is 0 Å². The van der Waals surface area contributed by atoms with Gasteiger partial charge in [-0.05, 0) is 60.7 Å². The van der Waals surface area contributed by atoms with E-state index in [4.69, 9.17) is 9.47 Å². The van der Waals surface area contributed by atoms with Crippen LogP contribution in [0.25, 0.3) is 0 Å². The van der Waals surface area contributed by atoms with E-state index in [-0.39, 0.29) is 37.6 Å². The molecule has 6 heteroatoms. The van der Waals surface area contributed by atoms with Gasteiger partial charge >= 0.3 is 5.97 Å². The molecule has 110 valence electrons. The zero-order chi connectivity index (χ0) is 15.0. The third-order valence-electron chi connectivity index (χ3n) is 2.20. The van der Waals surface area contributed by atoms with Gasteiger partial charge in [0.1, 0.15) is 5.75 Å². The maximum atomic E-state index is 11.5. The Bertz CT molecular complexity index is 445. The van der Waals surface area contributed by atoms with E-state index in [1.54, 1.807) is 26.0 Å². The lowest BCUT2D eigenvalue weighted by Gasteiger charge is -2.09. The first-order valence-electron chi connectivity index (χ1n) is 6.32. The summed E-state index contributed by atoms with van der Waals surface area (Å²) in [5, 5.41) is 2.60. The lowest BCUT2D eigenvalue weighted by atomic mass is 10.3. The molecule has 1 aromatic rings. The van der Waals surface area contributed by atoms with Crippen LogP contribution in [0.1, 0.15) is 20.3 Å². The second kappa shape index (κ2) is 8.78. The number of amides is 1. The van der Waals surface area contributed by atoms with Crippen molar-refractivity contribution >= 4 is 34.5 Å². The Hall–Kier alpha value is -1.31. The third kappa shape index (κ3) is 7.32. The fourth-order valence-electron chi connectivity index (χ4n) is 1.36. The lowest BCUT2D eigenvalue weighted by Crippen LogP contribution is -2.31. The average Bonchev–Trinajstić information content (AvgIpc) is 2.37. The number of carbonyl (C=O) groups is 2. The summed E-state index contributed by atoms with van der Waals surface area (Å²) < 4.78 is 11.4. The van der Waals surface area contributed by atoms with Gasteiger partial charge in [-0.1, -0.05) is 0 Å². The van der Waals surface area contributed by atoms with E-state index >= 15 is 0 Å². The smallest absolute Gasteiger partial charge is 0.307 e. The highest BCUT2D eigenvalue weighted by Crippen LogP contribution is 2.13.